The maximum atomic E-state index is 11.7. The van der Waals surface area contributed by atoms with E-state index >= 15 is 0 Å². The molecule has 0 aliphatic carbocycles. The number of halogens is 1. The summed E-state index contributed by atoms with van der Waals surface area (Å²) in [4.78, 5) is 12.8. The highest BCUT2D eigenvalue weighted by molar-refractivity contribution is 7.99. The van der Waals surface area contributed by atoms with Crippen molar-refractivity contribution in [3.63, 3.8) is 0 Å². The molecule has 104 valence electrons. The molecule has 2 nitrogen and oxygen atoms in total. The number of benzene rings is 2. The SMILES string of the molecule is O=C(CCSc1ccc(Cl)cc1)NCc1ccccc1. The lowest BCUT2D eigenvalue weighted by Crippen LogP contribution is -2.22. The maximum Gasteiger partial charge on any atom is 0.221 e. The average molecular weight is 306 g/mol. The first-order chi connectivity index (χ1) is 9.74. The normalized spacial score (nSPS) is 10.2. The van der Waals surface area contributed by atoms with E-state index in [0.29, 0.717) is 13.0 Å². The van der Waals surface area contributed by atoms with E-state index in [0.717, 1.165) is 21.2 Å². The quantitative estimate of drug-likeness (QED) is 0.813. The standard InChI is InChI=1S/C16H16ClNOS/c17-14-6-8-15(9-7-14)20-11-10-16(19)18-12-13-4-2-1-3-5-13/h1-9H,10-12H2,(H,18,19). The van der Waals surface area contributed by atoms with Crippen molar-refractivity contribution in [3.8, 4) is 0 Å². The van der Waals surface area contributed by atoms with Gasteiger partial charge < -0.3 is 5.32 Å². The van der Waals surface area contributed by atoms with Gasteiger partial charge in [-0.1, -0.05) is 41.9 Å². The summed E-state index contributed by atoms with van der Waals surface area (Å²) in [7, 11) is 0. The first-order valence-electron chi connectivity index (χ1n) is 6.43. The zero-order chi connectivity index (χ0) is 14.2. The van der Waals surface area contributed by atoms with E-state index in [1.54, 1.807) is 11.8 Å². The van der Waals surface area contributed by atoms with Crippen LogP contribution >= 0.6 is 23.4 Å². The van der Waals surface area contributed by atoms with Crippen LogP contribution in [0, 0.1) is 0 Å². The van der Waals surface area contributed by atoms with Gasteiger partial charge in [0.2, 0.25) is 5.91 Å². The summed E-state index contributed by atoms with van der Waals surface area (Å²) < 4.78 is 0. The number of rotatable bonds is 6. The van der Waals surface area contributed by atoms with Crippen molar-refractivity contribution in [2.45, 2.75) is 17.9 Å². The van der Waals surface area contributed by atoms with E-state index in [1.807, 2.05) is 54.6 Å². The minimum atomic E-state index is 0.0790. The minimum absolute atomic E-state index is 0.0790. The second-order valence-electron chi connectivity index (χ2n) is 4.31. The van der Waals surface area contributed by atoms with Crippen LogP contribution in [0.5, 0.6) is 0 Å². The zero-order valence-electron chi connectivity index (χ0n) is 11.0. The van der Waals surface area contributed by atoms with Gasteiger partial charge in [-0.2, -0.15) is 0 Å². The third kappa shape index (κ3) is 5.27. The summed E-state index contributed by atoms with van der Waals surface area (Å²) in [5, 5.41) is 3.65. The van der Waals surface area contributed by atoms with Crippen LogP contribution in [0.25, 0.3) is 0 Å². The fourth-order valence-corrected chi connectivity index (χ4v) is 2.65. The van der Waals surface area contributed by atoms with Crippen LogP contribution < -0.4 is 5.32 Å². The van der Waals surface area contributed by atoms with Crippen LogP contribution in [-0.2, 0) is 11.3 Å². The molecule has 2 aromatic rings. The fourth-order valence-electron chi connectivity index (χ4n) is 1.68. The lowest BCUT2D eigenvalue weighted by molar-refractivity contribution is -0.120. The molecule has 2 aromatic carbocycles. The van der Waals surface area contributed by atoms with Crippen molar-refractivity contribution >= 4 is 29.3 Å². The Balaban J connectivity index is 1.66. The first-order valence-corrected chi connectivity index (χ1v) is 7.79. The van der Waals surface area contributed by atoms with Gasteiger partial charge in [0, 0.05) is 28.6 Å². The summed E-state index contributed by atoms with van der Waals surface area (Å²) in [6.07, 6.45) is 0.514. The summed E-state index contributed by atoms with van der Waals surface area (Å²) >= 11 is 7.48. The van der Waals surface area contributed by atoms with Gasteiger partial charge in [-0.15, -0.1) is 11.8 Å². The van der Waals surface area contributed by atoms with Gasteiger partial charge in [0.15, 0.2) is 0 Å². The number of carbonyl (C=O) groups excluding carboxylic acids is 1. The Morgan fingerprint density at radius 2 is 1.75 bits per heavy atom. The Morgan fingerprint density at radius 1 is 1.05 bits per heavy atom. The number of amides is 1. The fraction of sp³-hybridized carbons (Fsp3) is 0.188. The number of nitrogens with one attached hydrogen (secondary N) is 1. The number of hydrogen-bond acceptors (Lipinski definition) is 2. The van der Waals surface area contributed by atoms with E-state index < -0.39 is 0 Å². The van der Waals surface area contributed by atoms with Gasteiger partial charge in [0.1, 0.15) is 0 Å². The summed E-state index contributed by atoms with van der Waals surface area (Å²) in [5.41, 5.74) is 1.12. The molecule has 20 heavy (non-hydrogen) atoms. The molecule has 0 radical (unpaired) electrons. The highest BCUT2D eigenvalue weighted by atomic mass is 35.5. The Morgan fingerprint density at radius 3 is 2.45 bits per heavy atom. The lowest BCUT2D eigenvalue weighted by atomic mass is 10.2. The molecule has 0 saturated carbocycles. The van der Waals surface area contributed by atoms with Crippen LogP contribution in [0.15, 0.2) is 59.5 Å². The monoisotopic (exact) mass is 305 g/mol. The molecule has 0 aromatic heterocycles. The topological polar surface area (TPSA) is 29.1 Å². The third-order valence-electron chi connectivity index (χ3n) is 2.74. The molecule has 0 saturated heterocycles. The third-order valence-corrected chi connectivity index (χ3v) is 4.01. The number of carbonyl (C=O) groups is 1. The zero-order valence-corrected chi connectivity index (χ0v) is 12.6. The lowest BCUT2D eigenvalue weighted by Gasteiger charge is -2.05. The molecule has 2 rings (SSSR count). The second-order valence-corrected chi connectivity index (χ2v) is 5.92. The van der Waals surface area contributed by atoms with Gasteiger partial charge >= 0.3 is 0 Å². The van der Waals surface area contributed by atoms with Gasteiger partial charge in [-0.25, -0.2) is 0 Å². The summed E-state index contributed by atoms with van der Waals surface area (Å²) in [6.45, 7) is 0.589. The van der Waals surface area contributed by atoms with E-state index in [-0.39, 0.29) is 5.91 Å². The molecule has 0 heterocycles. The van der Waals surface area contributed by atoms with Gasteiger partial charge in [0.25, 0.3) is 0 Å². The largest absolute Gasteiger partial charge is 0.352 e. The van der Waals surface area contributed by atoms with E-state index in [2.05, 4.69) is 5.32 Å². The van der Waals surface area contributed by atoms with Crippen molar-refractivity contribution in [2.24, 2.45) is 0 Å². The molecule has 1 amide bonds. The smallest absolute Gasteiger partial charge is 0.221 e. The first kappa shape index (κ1) is 14.9. The van der Waals surface area contributed by atoms with Gasteiger partial charge in [-0.3, -0.25) is 4.79 Å². The van der Waals surface area contributed by atoms with Crippen LogP contribution in [0.2, 0.25) is 5.02 Å². The van der Waals surface area contributed by atoms with Crippen LogP contribution in [0.4, 0.5) is 0 Å². The number of thioether (sulfide) groups is 1. The average Bonchev–Trinajstić information content (AvgIpc) is 2.48. The summed E-state index contributed by atoms with van der Waals surface area (Å²) in [6, 6.07) is 17.6. The van der Waals surface area contributed by atoms with Crippen molar-refractivity contribution < 1.29 is 4.79 Å². The molecule has 0 aliphatic rings. The minimum Gasteiger partial charge on any atom is -0.352 e. The van der Waals surface area contributed by atoms with Crippen molar-refractivity contribution in [1.29, 1.82) is 0 Å². The van der Waals surface area contributed by atoms with Crippen LogP contribution in [-0.4, -0.2) is 11.7 Å². The van der Waals surface area contributed by atoms with Crippen LogP contribution in [0.1, 0.15) is 12.0 Å². The Labute approximate surface area is 128 Å². The Hall–Kier alpha value is -1.45. The Kier molecular flexibility index (Phi) is 5.96. The molecule has 0 fully saturated rings. The molecular formula is C16H16ClNOS. The summed E-state index contributed by atoms with van der Waals surface area (Å²) in [5.74, 6) is 0.845. The molecule has 0 aliphatic heterocycles. The van der Waals surface area contributed by atoms with Crippen LogP contribution in [0.3, 0.4) is 0 Å². The highest BCUT2D eigenvalue weighted by Crippen LogP contribution is 2.20. The predicted octanol–water partition coefficient (Wildman–Crippen LogP) is 4.14. The molecule has 0 atom stereocenters. The molecule has 4 heteroatoms. The Bertz CT molecular complexity index is 542. The van der Waals surface area contributed by atoms with Crippen molar-refractivity contribution in [1.82, 2.24) is 5.32 Å². The molecule has 0 unspecified atom stereocenters. The molecule has 1 N–H and O–H groups in total. The molecular weight excluding hydrogens is 290 g/mol. The molecule has 0 spiro atoms. The second kappa shape index (κ2) is 7.98. The highest BCUT2D eigenvalue weighted by Gasteiger charge is 2.02. The van der Waals surface area contributed by atoms with Gasteiger partial charge in [0.05, 0.1) is 0 Å². The van der Waals surface area contributed by atoms with E-state index in [1.165, 1.54) is 0 Å². The maximum absolute atomic E-state index is 11.7. The molecule has 0 bridgehead atoms. The van der Waals surface area contributed by atoms with E-state index in [9.17, 15) is 4.79 Å². The van der Waals surface area contributed by atoms with E-state index in [4.69, 9.17) is 11.6 Å². The van der Waals surface area contributed by atoms with Gasteiger partial charge in [-0.05, 0) is 29.8 Å². The van der Waals surface area contributed by atoms with Crippen molar-refractivity contribution in [3.05, 3.63) is 65.2 Å². The predicted molar refractivity (Wildman–Crippen MR) is 85.1 cm³/mol. The number of hydrogen-bond donors (Lipinski definition) is 1. The van der Waals surface area contributed by atoms with Crippen molar-refractivity contribution in [2.75, 3.05) is 5.75 Å².